The number of carbonyl (C=O) groups excluding carboxylic acids is 3. The highest BCUT2D eigenvalue weighted by molar-refractivity contribution is 8.00. The molecule has 0 saturated heterocycles. The molecule has 0 bridgehead atoms. The highest BCUT2D eigenvalue weighted by Gasteiger charge is 2.18. The van der Waals surface area contributed by atoms with E-state index in [0.717, 1.165) is 4.90 Å². The Morgan fingerprint density at radius 3 is 2.50 bits per heavy atom. The average molecular weight is 392 g/mol. The number of thioether (sulfide) groups is 1. The van der Waals surface area contributed by atoms with Gasteiger partial charge in [0.05, 0.1) is 5.75 Å². The van der Waals surface area contributed by atoms with E-state index in [4.69, 9.17) is 16.3 Å². The van der Waals surface area contributed by atoms with Gasteiger partial charge in [-0.25, -0.2) is 0 Å². The molecule has 0 aliphatic carbocycles. The van der Waals surface area contributed by atoms with E-state index < -0.39 is 18.0 Å². The first-order valence-electron chi connectivity index (χ1n) is 7.85. The van der Waals surface area contributed by atoms with Crippen LogP contribution in [0.5, 0.6) is 0 Å². The molecule has 0 fully saturated rings. The van der Waals surface area contributed by atoms with Gasteiger partial charge in [-0.3, -0.25) is 14.4 Å². The Kier molecular flexibility index (Phi) is 7.24. The van der Waals surface area contributed by atoms with E-state index in [-0.39, 0.29) is 11.5 Å². The fourth-order valence-corrected chi connectivity index (χ4v) is 2.82. The second-order valence-electron chi connectivity index (χ2n) is 5.50. The normalized spacial score (nSPS) is 11.5. The molecule has 5 nitrogen and oxygen atoms in total. The number of rotatable bonds is 7. The third-order valence-electron chi connectivity index (χ3n) is 3.38. The molecule has 2 rings (SSSR count). The van der Waals surface area contributed by atoms with E-state index in [1.807, 2.05) is 0 Å². The van der Waals surface area contributed by atoms with Gasteiger partial charge in [0.25, 0.3) is 5.91 Å². The predicted octanol–water partition coefficient (Wildman–Crippen LogP) is 4.21. The van der Waals surface area contributed by atoms with Crippen molar-refractivity contribution in [3.63, 3.8) is 0 Å². The molecule has 26 heavy (non-hydrogen) atoms. The molecule has 0 aliphatic rings. The zero-order valence-electron chi connectivity index (χ0n) is 14.3. The van der Waals surface area contributed by atoms with Crippen LogP contribution in [0.3, 0.4) is 0 Å². The lowest BCUT2D eigenvalue weighted by Crippen LogP contribution is -2.30. The number of Topliss-reactive ketones (excluding diaryl/α,β-unsaturated/α-hetero) is 1. The van der Waals surface area contributed by atoms with Crippen molar-refractivity contribution in [1.29, 1.82) is 0 Å². The van der Waals surface area contributed by atoms with Crippen molar-refractivity contribution in [2.75, 3.05) is 11.1 Å². The van der Waals surface area contributed by atoms with Gasteiger partial charge in [0.15, 0.2) is 11.9 Å². The van der Waals surface area contributed by atoms with Gasteiger partial charge in [-0.05, 0) is 50.2 Å². The Morgan fingerprint density at radius 1 is 1.15 bits per heavy atom. The number of benzene rings is 2. The molecular weight excluding hydrogens is 374 g/mol. The fraction of sp³-hybridized carbons (Fsp3) is 0.211. The maximum atomic E-state index is 12.1. The minimum atomic E-state index is -0.950. The summed E-state index contributed by atoms with van der Waals surface area (Å²) in [5.41, 5.74) is 0.966. The monoisotopic (exact) mass is 391 g/mol. The first-order valence-corrected chi connectivity index (χ1v) is 9.21. The van der Waals surface area contributed by atoms with E-state index in [1.165, 1.54) is 25.6 Å². The van der Waals surface area contributed by atoms with Crippen LogP contribution in [0.2, 0.25) is 5.02 Å². The Bertz CT molecular complexity index is 807. The number of anilines is 1. The second kappa shape index (κ2) is 9.40. The van der Waals surface area contributed by atoms with E-state index in [0.29, 0.717) is 16.3 Å². The second-order valence-corrected chi connectivity index (χ2v) is 6.99. The molecule has 1 unspecified atom stereocenters. The summed E-state index contributed by atoms with van der Waals surface area (Å²) in [6.45, 7) is 2.94. The molecule has 0 radical (unpaired) electrons. The summed E-state index contributed by atoms with van der Waals surface area (Å²) in [5, 5.41) is 3.25. The zero-order valence-corrected chi connectivity index (χ0v) is 15.9. The first-order chi connectivity index (χ1) is 12.3. The predicted molar refractivity (Wildman–Crippen MR) is 103 cm³/mol. The molecule has 2 aromatic carbocycles. The first kappa shape index (κ1) is 20.0. The van der Waals surface area contributed by atoms with Gasteiger partial charge in [-0.1, -0.05) is 23.7 Å². The maximum absolute atomic E-state index is 12.1. The van der Waals surface area contributed by atoms with Crippen LogP contribution in [0.4, 0.5) is 5.69 Å². The standard InChI is InChI=1S/C19H18ClNO4S/c1-12(22)14-4-3-5-16(10-14)21-19(24)13(2)25-18(23)11-26-17-8-6-15(20)7-9-17/h3-10,13H,11H2,1-2H3,(H,21,24). The quantitative estimate of drug-likeness (QED) is 0.435. The molecule has 1 N–H and O–H groups in total. The van der Waals surface area contributed by atoms with Gasteiger partial charge in [0.2, 0.25) is 0 Å². The van der Waals surface area contributed by atoms with Gasteiger partial charge >= 0.3 is 5.97 Å². The Labute approximate surface area is 161 Å². The molecule has 7 heteroatoms. The Hall–Kier alpha value is -2.31. The molecule has 2 aromatic rings. The van der Waals surface area contributed by atoms with Crippen LogP contribution in [-0.2, 0) is 14.3 Å². The minimum Gasteiger partial charge on any atom is -0.452 e. The number of hydrogen-bond acceptors (Lipinski definition) is 5. The highest BCUT2D eigenvalue weighted by atomic mass is 35.5. The average Bonchev–Trinajstić information content (AvgIpc) is 2.61. The summed E-state index contributed by atoms with van der Waals surface area (Å²) >= 11 is 7.11. The Balaban J connectivity index is 1.84. The third kappa shape index (κ3) is 6.20. The summed E-state index contributed by atoms with van der Waals surface area (Å²) in [6, 6.07) is 13.7. The molecule has 0 saturated carbocycles. The van der Waals surface area contributed by atoms with Crippen molar-refractivity contribution in [3.05, 3.63) is 59.1 Å². The molecule has 136 valence electrons. The molecule has 1 atom stereocenters. The van der Waals surface area contributed by atoms with Crippen LogP contribution in [-0.4, -0.2) is 29.5 Å². The van der Waals surface area contributed by atoms with Gasteiger partial charge < -0.3 is 10.1 Å². The van der Waals surface area contributed by atoms with Crippen molar-refractivity contribution >= 4 is 46.7 Å². The summed E-state index contributed by atoms with van der Waals surface area (Å²) in [6.07, 6.45) is -0.950. The lowest BCUT2D eigenvalue weighted by atomic mass is 10.1. The number of hydrogen-bond donors (Lipinski definition) is 1. The van der Waals surface area contributed by atoms with Gasteiger partial charge in [-0.2, -0.15) is 0 Å². The van der Waals surface area contributed by atoms with Crippen molar-refractivity contribution in [1.82, 2.24) is 0 Å². The Morgan fingerprint density at radius 2 is 1.85 bits per heavy atom. The van der Waals surface area contributed by atoms with Crippen LogP contribution in [0.25, 0.3) is 0 Å². The molecule has 1 amide bonds. The number of ketones is 1. The minimum absolute atomic E-state index is 0.0824. The number of halogens is 1. The summed E-state index contributed by atoms with van der Waals surface area (Å²) in [5.74, 6) is -0.973. The number of amides is 1. The van der Waals surface area contributed by atoms with Crippen molar-refractivity contribution in [3.8, 4) is 0 Å². The number of carbonyl (C=O) groups is 3. The zero-order chi connectivity index (χ0) is 19.1. The molecule has 0 aliphatic heterocycles. The largest absolute Gasteiger partial charge is 0.452 e. The van der Waals surface area contributed by atoms with Crippen molar-refractivity contribution in [2.45, 2.75) is 24.8 Å². The van der Waals surface area contributed by atoms with E-state index in [1.54, 1.807) is 48.5 Å². The summed E-state index contributed by atoms with van der Waals surface area (Å²) in [4.78, 5) is 36.3. The molecule has 0 heterocycles. The van der Waals surface area contributed by atoms with Crippen molar-refractivity contribution < 1.29 is 19.1 Å². The van der Waals surface area contributed by atoms with E-state index in [9.17, 15) is 14.4 Å². The molecule has 0 aromatic heterocycles. The lowest BCUT2D eigenvalue weighted by molar-refractivity contribution is -0.150. The maximum Gasteiger partial charge on any atom is 0.317 e. The molecular formula is C19H18ClNO4S. The van der Waals surface area contributed by atoms with Crippen LogP contribution in [0, 0.1) is 0 Å². The number of esters is 1. The van der Waals surface area contributed by atoms with Gasteiger partial charge in [0, 0.05) is 21.2 Å². The van der Waals surface area contributed by atoms with Gasteiger partial charge in [-0.15, -0.1) is 11.8 Å². The van der Waals surface area contributed by atoms with Crippen molar-refractivity contribution in [2.24, 2.45) is 0 Å². The van der Waals surface area contributed by atoms with E-state index in [2.05, 4.69) is 5.32 Å². The van der Waals surface area contributed by atoms with Crippen LogP contribution >= 0.6 is 23.4 Å². The van der Waals surface area contributed by atoms with E-state index >= 15 is 0 Å². The SMILES string of the molecule is CC(=O)c1cccc(NC(=O)C(C)OC(=O)CSc2ccc(Cl)cc2)c1. The number of ether oxygens (including phenoxy) is 1. The summed E-state index contributed by atoms with van der Waals surface area (Å²) in [7, 11) is 0. The topological polar surface area (TPSA) is 72.5 Å². The lowest BCUT2D eigenvalue weighted by Gasteiger charge is -2.14. The van der Waals surface area contributed by atoms with Crippen LogP contribution in [0.1, 0.15) is 24.2 Å². The molecule has 0 spiro atoms. The highest BCUT2D eigenvalue weighted by Crippen LogP contribution is 2.20. The van der Waals surface area contributed by atoms with Crippen LogP contribution in [0.15, 0.2) is 53.4 Å². The fourth-order valence-electron chi connectivity index (χ4n) is 2.02. The smallest absolute Gasteiger partial charge is 0.317 e. The van der Waals surface area contributed by atoms with Gasteiger partial charge in [0.1, 0.15) is 0 Å². The third-order valence-corrected chi connectivity index (χ3v) is 4.62. The summed E-state index contributed by atoms with van der Waals surface area (Å²) < 4.78 is 5.14. The van der Waals surface area contributed by atoms with Crippen LogP contribution < -0.4 is 5.32 Å². The number of nitrogens with one attached hydrogen (secondary N) is 1.